The van der Waals surface area contributed by atoms with Gasteiger partial charge in [-0.3, -0.25) is 0 Å². The maximum Gasteiger partial charge on any atom is 0.140 e. The minimum atomic E-state index is 0.828. The summed E-state index contributed by atoms with van der Waals surface area (Å²) < 4.78 is 4.51. The third-order valence-corrected chi connectivity index (χ3v) is 4.33. The van der Waals surface area contributed by atoms with Gasteiger partial charge in [-0.2, -0.15) is 0 Å². The zero-order valence-electron chi connectivity index (χ0n) is 10.6. The van der Waals surface area contributed by atoms with Crippen LogP contribution in [0.4, 0.5) is 0 Å². The van der Waals surface area contributed by atoms with Gasteiger partial charge in [0.15, 0.2) is 0 Å². The van der Waals surface area contributed by atoms with Gasteiger partial charge in [-0.25, -0.2) is 4.98 Å². The van der Waals surface area contributed by atoms with Crippen molar-refractivity contribution in [2.24, 2.45) is 0 Å². The molecule has 1 aromatic heterocycles. The standard InChI is InChI=1S/C16H12BrIN2/c17-14-5-1-12(2-6-14)11-20-10-9-19-16(20)13-3-7-15(18)8-4-13/h1-10H,11H2. The Kier molecular flexibility index (Phi) is 4.21. The molecule has 2 nitrogen and oxygen atoms in total. The second-order valence-corrected chi connectivity index (χ2v) is 6.67. The van der Waals surface area contributed by atoms with Crippen LogP contribution >= 0.6 is 38.5 Å². The number of hydrogen-bond donors (Lipinski definition) is 0. The minimum Gasteiger partial charge on any atom is -0.327 e. The molecule has 3 aromatic rings. The summed E-state index contributed by atoms with van der Waals surface area (Å²) in [5.41, 5.74) is 2.41. The highest BCUT2D eigenvalue weighted by molar-refractivity contribution is 14.1. The predicted octanol–water partition coefficient (Wildman–Crippen LogP) is 4.97. The SMILES string of the molecule is Brc1ccc(Cn2ccnc2-c2ccc(I)cc2)cc1. The Morgan fingerprint density at radius 2 is 1.70 bits per heavy atom. The van der Waals surface area contributed by atoms with Gasteiger partial charge < -0.3 is 4.57 Å². The van der Waals surface area contributed by atoms with Crippen LogP contribution in [0.3, 0.4) is 0 Å². The lowest BCUT2D eigenvalue weighted by molar-refractivity contribution is 0.807. The summed E-state index contributed by atoms with van der Waals surface area (Å²) in [7, 11) is 0. The van der Waals surface area contributed by atoms with E-state index in [1.54, 1.807) is 0 Å². The molecule has 0 bridgehead atoms. The van der Waals surface area contributed by atoms with E-state index in [0.29, 0.717) is 0 Å². The van der Waals surface area contributed by atoms with E-state index in [2.05, 4.69) is 96.6 Å². The summed E-state index contributed by atoms with van der Waals surface area (Å²) in [6.45, 7) is 0.828. The molecule has 4 heteroatoms. The quantitative estimate of drug-likeness (QED) is 0.528. The van der Waals surface area contributed by atoms with Crippen molar-refractivity contribution in [1.82, 2.24) is 9.55 Å². The number of hydrogen-bond acceptors (Lipinski definition) is 1. The van der Waals surface area contributed by atoms with Crippen molar-refractivity contribution in [1.29, 1.82) is 0 Å². The second-order valence-electron chi connectivity index (χ2n) is 4.51. The molecule has 0 fully saturated rings. The van der Waals surface area contributed by atoms with Gasteiger partial charge in [0.05, 0.1) is 0 Å². The van der Waals surface area contributed by atoms with Gasteiger partial charge in [0.1, 0.15) is 5.82 Å². The molecular weight excluding hydrogens is 427 g/mol. The first-order valence-electron chi connectivity index (χ1n) is 6.24. The number of imidazole rings is 1. The van der Waals surface area contributed by atoms with Crippen molar-refractivity contribution in [3.05, 3.63) is 74.5 Å². The summed E-state index contributed by atoms with van der Waals surface area (Å²) in [6.07, 6.45) is 3.88. The molecule has 1 heterocycles. The van der Waals surface area contributed by atoms with E-state index in [4.69, 9.17) is 0 Å². The largest absolute Gasteiger partial charge is 0.327 e. The molecule has 2 aromatic carbocycles. The third kappa shape index (κ3) is 3.12. The monoisotopic (exact) mass is 438 g/mol. The summed E-state index contributed by atoms with van der Waals surface area (Å²) in [5, 5.41) is 0. The van der Waals surface area contributed by atoms with Crippen molar-refractivity contribution in [3.8, 4) is 11.4 Å². The first kappa shape index (κ1) is 13.8. The summed E-state index contributed by atoms with van der Waals surface area (Å²) in [5.74, 6) is 1.00. The lowest BCUT2D eigenvalue weighted by Crippen LogP contribution is -2.01. The van der Waals surface area contributed by atoms with Gasteiger partial charge in [-0.05, 0) is 52.4 Å². The molecule has 0 N–H and O–H groups in total. The first-order chi connectivity index (χ1) is 9.72. The first-order valence-corrected chi connectivity index (χ1v) is 8.11. The number of halogens is 2. The fourth-order valence-electron chi connectivity index (χ4n) is 2.08. The molecule has 0 atom stereocenters. The Morgan fingerprint density at radius 1 is 1.00 bits per heavy atom. The van der Waals surface area contributed by atoms with E-state index < -0.39 is 0 Å². The van der Waals surface area contributed by atoms with Crippen LogP contribution < -0.4 is 0 Å². The Morgan fingerprint density at radius 3 is 2.40 bits per heavy atom. The predicted molar refractivity (Wildman–Crippen MR) is 93.6 cm³/mol. The van der Waals surface area contributed by atoms with Crippen LogP contribution in [-0.2, 0) is 6.54 Å². The molecule has 0 spiro atoms. The summed E-state index contributed by atoms with van der Waals surface area (Å²) in [6, 6.07) is 16.8. The average molecular weight is 439 g/mol. The molecule has 0 saturated carbocycles. The molecule has 20 heavy (non-hydrogen) atoms. The molecule has 0 aliphatic carbocycles. The van der Waals surface area contributed by atoms with Crippen LogP contribution in [0.15, 0.2) is 65.4 Å². The zero-order chi connectivity index (χ0) is 13.9. The van der Waals surface area contributed by atoms with Crippen LogP contribution in [0.5, 0.6) is 0 Å². The van der Waals surface area contributed by atoms with Crippen molar-refractivity contribution in [2.45, 2.75) is 6.54 Å². The molecule has 100 valence electrons. The Labute approximate surface area is 140 Å². The molecular formula is C16H12BrIN2. The highest BCUT2D eigenvalue weighted by Gasteiger charge is 2.06. The van der Waals surface area contributed by atoms with E-state index >= 15 is 0 Å². The van der Waals surface area contributed by atoms with Gasteiger partial charge in [0.2, 0.25) is 0 Å². The molecule has 0 amide bonds. The summed E-state index contributed by atoms with van der Waals surface area (Å²) in [4.78, 5) is 4.48. The summed E-state index contributed by atoms with van der Waals surface area (Å²) >= 11 is 5.77. The molecule has 0 unspecified atom stereocenters. The van der Waals surface area contributed by atoms with Crippen molar-refractivity contribution in [2.75, 3.05) is 0 Å². The molecule has 3 rings (SSSR count). The normalized spacial score (nSPS) is 10.7. The second kappa shape index (κ2) is 6.10. The van der Waals surface area contributed by atoms with Crippen LogP contribution in [0.1, 0.15) is 5.56 Å². The fraction of sp³-hybridized carbons (Fsp3) is 0.0625. The van der Waals surface area contributed by atoms with E-state index in [1.807, 2.05) is 12.4 Å². The number of benzene rings is 2. The van der Waals surface area contributed by atoms with Crippen molar-refractivity contribution >= 4 is 38.5 Å². The van der Waals surface area contributed by atoms with Crippen molar-refractivity contribution in [3.63, 3.8) is 0 Å². The number of rotatable bonds is 3. The van der Waals surface area contributed by atoms with Crippen LogP contribution in [0, 0.1) is 3.57 Å². The molecule has 0 aliphatic heterocycles. The molecule has 0 radical (unpaired) electrons. The molecule has 0 aliphatic rings. The number of aromatic nitrogens is 2. The Balaban J connectivity index is 1.90. The van der Waals surface area contributed by atoms with Gasteiger partial charge in [-0.15, -0.1) is 0 Å². The Hall–Kier alpha value is -1.14. The van der Waals surface area contributed by atoms with Crippen LogP contribution in [0.25, 0.3) is 11.4 Å². The van der Waals surface area contributed by atoms with E-state index in [-0.39, 0.29) is 0 Å². The van der Waals surface area contributed by atoms with Crippen LogP contribution in [-0.4, -0.2) is 9.55 Å². The highest BCUT2D eigenvalue weighted by Crippen LogP contribution is 2.20. The van der Waals surface area contributed by atoms with Gasteiger partial charge in [0.25, 0.3) is 0 Å². The average Bonchev–Trinajstić information content (AvgIpc) is 2.90. The minimum absolute atomic E-state index is 0.828. The smallest absolute Gasteiger partial charge is 0.140 e. The van der Waals surface area contributed by atoms with E-state index in [9.17, 15) is 0 Å². The maximum absolute atomic E-state index is 4.48. The maximum atomic E-state index is 4.48. The Bertz CT molecular complexity index is 702. The fourth-order valence-corrected chi connectivity index (χ4v) is 2.71. The highest BCUT2D eigenvalue weighted by atomic mass is 127. The van der Waals surface area contributed by atoms with Gasteiger partial charge in [-0.1, -0.05) is 40.2 Å². The molecule has 0 saturated heterocycles. The number of nitrogens with zero attached hydrogens (tertiary/aromatic N) is 2. The topological polar surface area (TPSA) is 17.8 Å². The lowest BCUT2D eigenvalue weighted by Gasteiger charge is -2.08. The van der Waals surface area contributed by atoms with E-state index in [0.717, 1.165) is 22.4 Å². The van der Waals surface area contributed by atoms with Crippen LogP contribution in [0.2, 0.25) is 0 Å². The van der Waals surface area contributed by atoms with Gasteiger partial charge >= 0.3 is 0 Å². The zero-order valence-corrected chi connectivity index (χ0v) is 14.4. The van der Waals surface area contributed by atoms with E-state index in [1.165, 1.54) is 9.13 Å². The third-order valence-electron chi connectivity index (χ3n) is 3.08. The lowest BCUT2D eigenvalue weighted by atomic mass is 10.2. The van der Waals surface area contributed by atoms with Gasteiger partial charge in [0, 0.05) is 32.5 Å². The van der Waals surface area contributed by atoms with Crippen molar-refractivity contribution < 1.29 is 0 Å².